The van der Waals surface area contributed by atoms with E-state index in [1.54, 1.807) is 55.6 Å². The Bertz CT molecular complexity index is 1140. The molecule has 0 saturated heterocycles. The van der Waals surface area contributed by atoms with Gasteiger partial charge in [-0.25, -0.2) is 0 Å². The van der Waals surface area contributed by atoms with Crippen molar-refractivity contribution in [2.75, 3.05) is 31.7 Å². The fourth-order valence-electron chi connectivity index (χ4n) is 3.57. The summed E-state index contributed by atoms with van der Waals surface area (Å²) in [5.41, 5.74) is 1.35. The number of nitrogens with one attached hydrogen (secondary N) is 1. The molecule has 9 heteroatoms. The van der Waals surface area contributed by atoms with E-state index in [4.69, 9.17) is 13.9 Å². The van der Waals surface area contributed by atoms with Gasteiger partial charge in [0.1, 0.15) is 23.8 Å². The van der Waals surface area contributed by atoms with Crippen molar-refractivity contribution < 1.29 is 28.3 Å². The topological polar surface area (TPSA) is 101 Å². The highest BCUT2D eigenvalue weighted by molar-refractivity contribution is 6.02. The molecule has 34 heavy (non-hydrogen) atoms. The molecule has 9 nitrogen and oxygen atoms in total. The summed E-state index contributed by atoms with van der Waals surface area (Å²) in [6.45, 7) is -0.123. The average Bonchev–Trinajstić information content (AvgIpc) is 3.38. The van der Waals surface area contributed by atoms with Gasteiger partial charge in [0, 0.05) is 6.54 Å². The van der Waals surface area contributed by atoms with E-state index in [9.17, 15) is 14.4 Å². The van der Waals surface area contributed by atoms with Gasteiger partial charge in [-0.2, -0.15) is 0 Å². The number of amides is 3. The van der Waals surface area contributed by atoms with Crippen molar-refractivity contribution in [1.29, 1.82) is 0 Å². The number of para-hydroxylation sites is 2. The normalized spacial score (nSPS) is 12.5. The van der Waals surface area contributed by atoms with E-state index in [0.717, 1.165) is 5.56 Å². The lowest BCUT2D eigenvalue weighted by atomic mass is 10.2. The highest BCUT2D eigenvalue weighted by Crippen LogP contribution is 2.31. The van der Waals surface area contributed by atoms with Crippen LogP contribution in [-0.4, -0.2) is 49.4 Å². The van der Waals surface area contributed by atoms with Crippen molar-refractivity contribution in [2.45, 2.75) is 13.1 Å². The summed E-state index contributed by atoms with van der Waals surface area (Å²) in [5.74, 6) is 0.803. The van der Waals surface area contributed by atoms with Gasteiger partial charge >= 0.3 is 0 Å². The highest BCUT2D eigenvalue weighted by atomic mass is 16.5. The van der Waals surface area contributed by atoms with Crippen molar-refractivity contribution >= 4 is 23.4 Å². The predicted molar refractivity (Wildman–Crippen MR) is 123 cm³/mol. The fraction of sp³-hybridized carbons (Fsp3) is 0.240. The SMILES string of the molecule is COc1ccc(CN(CC(=O)NCc2ccco2)C(=O)CN2C(=O)COc3ccccc32)cc1. The number of benzene rings is 2. The monoisotopic (exact) mass is 463 g/mol. The predicted octanol–water partition coefficient (Wildman–Crippen LogP) is 2.36. The molecule has 1 aliphatic heterocycles. The molecule has 1 N–H and O–H groups in total. The van der Waals surface area contributed by atoms with Crippen LogP contribution >= 0.6 is 0 Å². The van der Waals surface area contributed by atoms with Gasteiger partial charge in [0.25, 0.3) is 5.91 Å². The number of fused-ring (bicyclic) bond motifs is 1. The number of hydrogen-bond acceptors (Lipinski definition) is 6. The maximum Gasteiger partial charge on any atom is 0.265 e. The molecule has 0 atom stereocenters. The van der Waals surface area contributed by atoms with Crippen molar-refractivity contribution in [3.05, 3.63) is 78.3 Å². The van der Waals surface area contributed by atoms with E-state index >= 15 is 0 Å². The van der Waals surface area contributed by atoms with Gasteiger partial charge < -0.3 is 24.1 Å². The summed E-state index contributed by atoms with van der Waals surface area (Å²) in [6, 6.07) is 17.8. The summed E-state index contributed by atoms with van der Waals surface area (Å²) >= 11 is 0. The Morgan fingerprint density at radius 2 is 1.88 bits per heavy atom. The average molecular weight is 463 g/mol. The molecular formula is C25H25N3O6. The minimum absolute atomic E-state index is 0.146. The Balaban J connectivity index is 1.49. The first-order chi connectivity index (χ1) is 16.5. The molecule has 3 amide bonds. The van der Waals surface area contributed by atoms with E-state index in [1.807, 2.05) is 12.1 Å². The number of furan rings is 1. The Kier molecular flexibility index (Phi) is 7.12. The van der Waals surface area contributed by atoms with Crippen LogP contribution in [0.3, 0.4) is 0 Å². The summed E-state index contributed by atoms with van der Waals surface area (Å²) in [7, 11) is 1.57. The van der Waals surface area contributed by atoms with Gasteiger partial charge in [-0.3, -0.25) is 19.3 Å². The van der Waals surface area contributed by atoms with Crippen LogP contribution in [0, 0.1) is 0 Å². The van der Waals surface area contributed by atoms with Crippen LogP contribution in [0.2, 0.25) is 0 Å². The molecule has 3 aromatic rings. The number of hydrogen-bond donors (Lipinski definition) is 1. The molecule has 0 bridgehead atoms. The molecule has 1 aromatic heterocycles. The first-order valence-electron chi connectivity index (χ1n) is 10.8. The lowest BCUT2D eigenvalue weighted by Gasteiger charge is -2.31. The van der Waals surface area contributed by atoms with Crippen LogP contribution < -0.4 is 19.7 Å². The summed E-state index contributed by atoms with van der Waals surface area (Å²) < 4.78 is 15.9. The van der Waals surface area contributed by atoms with E-state index in [-0.39, 0.29) is 50.5 Å². The van der Waals surface area contributed by atoms with Gasteiger partial charge in [-0.1, -0.05) is 24.3 Å². The van der Waals surface area contributed by atoms with Crippen molar-refractivity contribution in [3.8, 4) is 11.5 Å². The van der Waals surface area contributed by atoms with E-state index < -0.39 is 0 Å². The standard InChI is InChI=1S/C25H25N3O6/c1-32-19-10-8-18(9-11-19)14-27(15-23(29)26-13-20-5-4-12-33-20)24(30)16-28-21-6-2-3-7-22(21)34-17-25(28)31/h2-12H,13-17H2,1H3,(H,26,29). The molecular weight excluding hydrogens is 438 g/mol. The fourth-order valence-corrected chi connectivity index (χ4v) is 3.57. The largest absolute Gasteiger partial charge is 0.497 e. The molecule has 0 fully saturated rings. The summed E-state index contributed by atoms with van der Waals surface area (Å²) in [5, 5.41) is 2.76. The van der Waals surface area contributed by atoms with Crippen LogP contribution in [0.15, 0.2) is 71.3 Å². The Labute approximate surface area is 196 Å². The number of methoxy groups -OCH3 is 1. The zero-order valence-electron chi connectivity index (χ0n) is 18.7. The second kappa shape index (κ2) is 10.6. The highest BCUT2D eigenvalue weighted by Gasteiger charge is 2.29. The second-order valence-corrected chi connectivity index (χ2v) is 7.69. The molecule has 2 aromatic carbocycles. The number of anilines is 1. The van der Waals surface area contributed by atoms with Crippen LogP contribution in [-0.2, 0) is 27.5 Å². The van der Waals surface area contributed by atoms with Crippen molar-refractivity contribution in [3.63, 3.8) is 0 Å². The van der Waals surface area contributed by atoms with Gasteiger partial charge in [-0.15, -0.1) is 0 Å². The first-order valence-corrected chi connectivity index (χ1v) is 10.8. The molecule has 1 aliphatic rings. The minimum atomic E-state index is -0.367. The second-order valence-electron chi connectivity index (χ2n) is 7.69. The maximum absolute atomic E-state index is 13.3. The number of ether oxygens (including phenoxy) is 2. The maximum atomic E-state index is 13.3. The quantitative estimate of drug-likeness (QED) is 0.523. The Morgan fingerprint density at radius 3 is 2.62 bits per heavy atom. The van der Waals surface area contributed by atoms with Gasteiger partial charge in [0.2, 0.25) is 11.8 Å². The van der Waals surface area contributed by atoms with Gasteiger partial charge in [0.15, 0.2) is 6.61 Å². The summed E-state index contributed by atoms with van der Waals surface area (Å²) in [4.78, 5) is 41.3. The molecule has 0 aliphatic carbocycles. The number of carbonyl (C=O) groups is 3. The van der Waals surface area contributed by atoms with E-state index in [1.165, 1.54) is 16.1 Å². The molecule has 176 valence electrons. The Morgan fingerprint density at radius 1 is 1.09 bits per heavy atom. The molecule has 2 heterocycles. The number of rotatable bonds is 9. The lowest BCUT2D eigenvalue weighted by Crippen LogP contribution is -2.48. The van der Waals surface area contributed by atoms with Crippen LogP contribution in [0.5, 0.6) is 11.5 Å². The van der Waals surface area contributed by atoms with Crippen LogP contribution in [0.4, 0.5) is 5.69 Å². The third kappa shape index (κ3) is 5.55. The zero-order chi connectivity index (χ0) is 23.9. The van der Waals surface area contributed by atoms with Gasteiger partial charge in [0.05, 0.1) is 32.1 Å². The molecule has 0 saturated carbocycles. The van der Waals surface area contributed by atoms with Crippen molar-refractivity contribution in [1.82, 2.24) is 10.2 Å². The third-order valence-electron chi connectivity index (χ3n) is 5.36. The van der Waals surface area contributed by atoms with Crippen molar-refractivity contribution in [2.24, 2.45) is 0 Å². The number of carbonyl (C=O) groups excluding carboxylic acids is 3. The smallest absolute Gasteiger partial charge is 0.265 e. The number of nitrogens with zero attached hydrogens (tertiary/aromatic N) is 2. The Hall–Kier alpha value is -4.27. The zero-order valence-corrected chi connectivity index (χ0v) is 18.7. The van der Waals surface area contributed by atoms with Crippen LogP contribution in [0.25, 0.3) is 0 Å². The molecule has 0 radical (unpaired) electrons. The molecule has 0 unspecified atom stereocenters. The summed E-state index contributed by atoms with van der Waals surface area (Å²) in [6.07, 6.45) is 1.53. The van der Waals surface area contributed by atoms with E-state index in [0.29, 0.717) is 22.9 Å². The third-order valence-corrected chi connectivity index (χ3v) is 5.36. The lowest BCUT2D eigenvalue weighted by molar-refractivity contribution is -0.136. The molecule has 0 spiro atoms. The van der Waals surface area contributed by atoms with E-state index in [2.05, 4.69) is 5.32 Å². The first kappa shape index (κ1) is 22.9. The van der Waals surface area contributed by atoms with Crippen LogP contribution in [0.1, 0.15) is 11.3 Å². The minimum Gasteiger partial charge on any atom is -0.497 e. The van der Waals surface area contributed by atoms with Gasteiger partial charge in [-0.05, 0) is 42.0 Å². The molecule has 4 rings (SSSR count).